The van der Waals surface area contributed by atoms with Gasteiger partial charge in [-0.25, -0.2) is 0 Å². The van der Waals surface area contributed by atoms with Crippen molar-refractivity contribution in [3.63, 3.8) is 0 Å². The van der Waals surface area contributed by atoms with Crippen LogP contribution in [0.25, 0.3) is 0 Å². The van der Waals surface area contributed by atoms with Crippen LogP contribution in [0.2, 0.25) is 0 Å². The second kappa shape index (κ2) is 4.81. The van der Waals surface area contributed by atoms with E-state index in [4.69, 9.17) is 9.47 Å². The lowest BCUT2D eigenvalue weighted by molar-refractivity contribution is -0.302. The predicted molar refractivity (Wildman–Crippen MR) is 85.7 cm³/mol. The molecule has 5 atom stereocenters. The van der Waals surface area contributed by atoms with Crippen molar-refractivity contribution in [1.29, 1.82) is 0 Å². The van der Waals surface area contributed by atoms with Gasteiger partial charge >= 0.3 is 0 Å². The lowest BCUT2D eigenvalue weighted by Crippen LogP contribution is -2.64. The van der Waals surface area contributed by atoms with E-state index in [0.29, 0.717) is 13.0 Å². The molecule has 4 nitrogen and oxygen atoms in total. The molecule has 126 valence electrons. The van der Waals surface area contributed by atoms with Crippen LogP contribution in [0.1, 0.15) is 52.9 Å². The number of rotatable bonds is 0. The Morgan fingerprint density at radius 1 is 1.30 bits per heavy atom. The molecule has 4 unspecified atom stereocenters. The van der Waals surface area contributed by atoms with Crippen LogP contribution in [0, 0.1) is 5.41 Å². The molecule has 6 rings (SSSR count). The summed E-state index contributed by atoms with van der Waals surface area (Å²) in [4.78, 5) is 0. The molecule has 23 heavy (non-hydrogen) atoms. The molecule has 0 spiro atoms. The van der Waals surface area contributed by atoms with E-state index in [-0.39, 0.29) is 11.5 Å². The first kappa shape index (κ1) is 15.6. The number of hydrogen-bond acceptors (Lipinski definition) is 4. The largest absolute Gasteiger partial charge is 0.384 e. The van der Waals surface area contributed by atoms with E-state index in [1.165, 1.54) is 5.57 Å². The SMILES string of the molecule is CC1=C=CCC2(C)OC3CC[C@@](C)(CC1)C1=C3C(O)(OC1)C2O. The molecule has 4 aliphatic heterocycles. The summed E-state index contributed by atoms with van der Waals surface area (Å²) in [6.07, 6.45) is 5.09. The van der Waals surface area contributed by atoms with Crippen LogP contribution in [0.15, 0.2) is 28.5 Å². The monoisotopic (exact) mass is 318 g/mol. The molecule has 0 amide bonds. The van der Waals surface area contributed by atoms with Gasteiger partial charge in [-0.1, -0.05) is 6.92 Å². The predicted octanol–water partition coefficient (Wildman–Crippen LogP) is 2.61. The summed E-state index contributed by atoms with van der Waals surface area (Å²) in [5.74, 6) is -1.60. The van der Waals surface area contributed by atoms with Crippen molar-refractivity contribution in [2.24, 2.45) is 5.41 Å². The molecule has 0 radical (unpaired) electrons. The van der Waals surface area contributed by atoms with Gasteiger partial charge in [-0.3, -0.25) is 0 Å². The van der Waals surface area contributed by atoms with Gasteiger partial charge in [0, 0.05) is 12.0 Å². The summed E-state index contributed by atoms with van der Waals surface area (Å²) >= 11 is 0. The fourth-order valence-corrected chi connectivity index (χ4v) is 4.77. The molecule has 1 saturated heterocycles. The van der Waals surface area contributed by atoms with Gasteiger partial charge < -0.3 is 19.7 Å². The maximum absolute atomic E-state index is 11.2. The molecule has 6 bridgehead atoms. The van der Waals surface area contributed by atoms with Gasteiger partial charge in [-0.05, 0) is 62.2 Å². The van der Waals surface area contributed by atoms with Crippen LogP contribution >= 0.6 is 0 Å². The molecule has 2 aliphatic carbocycles. The molecule has 0 saturated carbocycles. The quantitative estimate of drug-likeness (QED) is 0.532. The zero-order chi connectivity index (χ0) is 16.5. The maximum Gasteiger partial charge on any atom is 0.221 e. The third-order valence-electron chi connectivity index (χ3n) is 6.42. The fourth-order valence-electron chi connectivity index (χ4n) is 4.77. The summed E-state index contributed by atoms with van der Waals surface area (Å²) in [7, 11) is 0. The second-order valence-corrected chi connectivity index (χ2v) is 8.13. The van der Waals surface area contributed by atoms with Gasteiger partial charge in [0.15, 0.2) is 0 Å². The molecule has 4 heteroatoms. The maximum atomic E-state index is 11.2. The lowest BCUT2D eigenvalue weighted by Gasteiger charge is -2.52. The lowest BCUT2D eigenvalue weighted by atomic mass is 9.64. The van der Waals surface area contributed by atoms with Gasteiger partial charge in [0.1, 0.15) is 11.7 Å². The van der Waals surface area contributed by atoms with Crippen LogP contribution in [0.5, 0.6) is 0 Å². The topological polar surface area (TPSA) is 58.9 Å². The number of aliphatic hydroxyl groups excluding tert-OH is 1. The van der Waals surface area contributed by atoms with Crippen LogP contribution in [-0.2, 0) is 9.47 Å². The molecule has 0 aromatic carbocycles. The highest BCUT2D eigenvalue weighted by Gasteiger charge is 2.63. The van der Waals surface area contributed by atoms with E-state index in [1.807, 2.05) is 13.0 Å². The Morgan fingerprint density at radius 2 is 2.09 bits per heavy atom. The van der Waals surface area contributed by atoms with Crippen molar-refractivity contribution >= 4 is 0 Å². The van der Waals surface area contributed by atoms with Crippen molar-refractivity contribution in [2.45, 2.75) is 76.5 Å². The van der Waals surface area contributed by atoms with E-state index < -0.39 is 17.5 Å². The zero-order valence-corrected chi connectivity index (χ0v) is 14.2. The second-order valence-electron chi connectivity index (χ2n) is 8.13. The first-order valence-electron chi connectivity index (χ1n) is 8.65. The van der Waals surface area contributed by atoms with Crippen molar-refractivity contribution in [1.82, 2.24) is 0 Å². The summed E-state index contributed by atoms with van der Waals surface area (Å²) in [5.41, 5.74) is 5.64. The fraction of sp³-hybridized carbons (Fsp3) is 0.737. The van der Waals surface area contributed by atoms with E-state index >= 15 is 0 Å². The van der Waals surface area contributed by atoms with Crippen LogP contribution in [-0.4, -0.2) is 40.4 Å². The van der Waals surface area contributed by atoms with Gasteiger partial charge in [-0.2, -0.15) is 0 Å². The number of ether oxygens (including phenoxy) is 2. The third kappa shape index (κ3) is 2.06. The molecule has 6 aliphatic rings. The summed E-state index contributed by atoms with van der Waals surface area (Å²) < 4.78 is 12.1. The Balaban J connectivity index is 1.92. The molecule has 2 N–H and O–H groups in total. The first-order chi connectivity index (χ1) is 10.8. The van der Waals surface area contributed by atoms with Crippen LogP contribution in [0.4, 0.5) is 0 Å². The Kier molecular flexibility index (Phi) is 3.27. The van der Waals surface area contributed by atoms with E-state index in [1.54, 1.807) is 0 Å². The van der Waals surface area contributed by atoms with Crippen molar-refractivity contribution in [3.05, 3.63) is 28.5 Å². The standard InChI is InChI=1S/C19H26O4/c1-12-5-4-8-18(3)16(20)19(21)15-13(11-22-19)17(2,9-6-12)10-7-14(15)23-18/h4,14,16,20-21H,6-11H2,1-3H3/t5?,14?,16?,17-,18?,19?/m1/s1. The zero-order valence-electron chi connectivity index (χ0n) is 14.2. The molecule has 1 fully saturated rings. The third-order valence-corrected chi connectivity index (χ3v) is 6.42. The van der Waals surface area contributed by atoms with Crippen molar-refractivity contribution in [2.75, 3.05) is 6.61 Å². The van der Waals surface area contributed by atoms with Gasteiger partial charge in [0.05, 0.1) is 12.7 Å². The molecule has 0 aromatic heterocycles. The minimum absolute atomic E-state index is 0.00469. The minimum atomic E-state index is -1.60. The first-order valence-corrected chi connectivity index (χ1v) is 8.65. The summed E-state index contributed by atoms with van der Waals surface area (Å²) in [5, 5.41) is 22.0. The summed E-state index contributed by atoms with van der Waals surface area (Å²) in [6, 6.07) is 0. The van der Waals surface area contributed by atoms with E-state index in [0.717, 1.165) is 36.8 Å². The molecule has 4 heterocycles. The van der Waals surface area contributed by atoms with Gasteiger partial charge in [-0.15, -0.1) is 5.73 Å². The molecular weight excluding hydrogens is 292 g/mol. The Morgan fingerprint density at radius 3 is 2.87 bits per heavy atom. The smallest absolute Gasteiger partial charge is 0.221 e. The van der Waals surface area contributed by atoms with Gasteiger partial charge in [0.25, 0.3) is 0 Å². The van der Waals surface area contributed by atoms with Crippen molar-refractivity contribution in [3.8, 4) is 0 Å². The highest BCUT2D eigenvalue weighted by Crippen LogP contribution is 2.56. The molecule has 0 aromatic rings. The highest BCUT2D eigenvalue weighted by molar-refractivity contribution is 5.41. The van der Waals surface area contributed by atoms with Crippen LogP contribution < -0.4 is 0 Å². The highest BCUT2D eigenvalue weighted by atomic mass is 16.7. The average Bonchev–Trinajstić information content (AvgIpc) is 2.87. The Hall–Kier alpha value is -0.900. The average molecular weight is 318 g/mol. The number of aliphatic hydroxyl groups is 2. The van der Waals surface area contributed by atoms with Gasteiger partial charge in [0.2, 0.25) is 5.79 Å². The van der Waals surface area contributed by atoms with E-state index in [2.05, 4.69) is 19.6 Å². The number of hydrogen-bond donors (Lipinski definition) is 2. The summed E-state index contributed by atoms with van der Waals surface area (Å²) in [6.45, 7) is 6.62. The molecular formula is C19H26O4. The van der Waals surface area contributed by atoms with E-state index in [9.17, 15) is 10.2 Å². The normalized spacial score (nSPS) is 49.2. The Labute approximate surface area is 137 Å². The number of fused-ring (bicyclic) bond motifs is 1. The van der Waals surface area contributed by atoms with Crippen LogP contribution in [0.3, 0.4) is 0 Å². The minimum Gasteiger partial charge on any atom is -0.384 e. The van der Waals surface area contributed by atoms with Crippen molar-refractivity contribution < 1.29 is 19.7 Å². The Bertz CT molecular complexity index is 644.